The molecule has 0 spiro atoms. The molecule has 0 radical (unpaired) electrons. The third-order valence-electron chi connectivity index (χ3n) is 2.50. The predicted molar refractivity (Wildman–Crippen MR) is 73.9 cm³/mol. The average molecular weight is 282 g/mol. The van der Waals surface area contributed by atoms with Crippen LogP contribution in [0.2, 0.25) is 5.02 Å². The Labute approximate surface area is 114 Å². The highest BCUT2D eigenvalue weighted by atomic mass is 35.5. The Kier molecular flexibility index (Phi) is 4.01. The summed E-state index contributed by atoms with van der Waals surface area (Å²) in [6.07, 6.45) is -0.0600. The largest absolute Gasteiger partial charge is 0.481 e. The van der Waals surface area contributed by atoms with Crippen molar-refractivity contribution < 1.29 is 9.90 Å². The van der Waals surface area contributed by atoms with Crippen LogP contribution < -0.4 is 5.73 Å². The third-order valence-corrected chi connectivity index (χ3v) is 4.00. The van der Waals surface area contributed by atoms with E-state index in [0.717, 1.165) is 15.3 Å². The number of thiophene rings is 1. The standard InChI is InChI=1S/C13H12ClNO2S/c14-9-3-1-2-8(6-9)11-4-5-12(18-11)10(15)7-13(16)17/h1-6,10H,7,15H2,(H,16,17). The Bertz CT molecular complexity index is 568. The summed E-state index contributed by atoms with van der Waals surface area (Å²) in [5.41, 5.74) is 6.84. The van der Waals surface area contributed by atoms with Crippen LogP contribution >= 0.6 is 22.9 Å². The summed E-state index contributed by atoms with van der Waals surface area (Å²) in [5, 5.41) is 9.39. The number of hydrogen-bond acceptors (Lipinski definition) is 3. The van der Waals surface area contributed by atoms with Gasteiger partial charge in [0, 0.05) is 20.8 Å². The number of benzene rings is 1. The fourth-order valence-corrected chi connectivity index (χ4v) is 2.83. The Hall–Kier alpha value is -1.36. The summed E-state index contributed by atoms with van der Waals surface area (Å²) in [4.78, 5) is 12.5. The van der Waals surface area contributed by atoms with E-state index >= 15 is 0 Å². The fourth-order valence-electron chi connectivity index (χ4n) is 1.64. The Morgan fingerprint density at radius 1 is 1.39 bits per heavy atom. The highest BCUT2D eigenvalue weighted by Crippen LogP contribution is 2.32. The smallest absolute Gasteiger partial charge is 0.305 e. The van der Waals surface area contributed by atoms with E-state index in [9.17, 15) is 4.79 Å². The summed E-state index contributed by atoms with van der Waals surface area (Å²) in [6.45, 7) is 0. The van der Waals surface area contributed by atoms with E-state index in [-0.39, 0.29) is 6.42 Å². The number of carbonyl (C=O) groups is 1. The lowest BCUT2D eigenvalue weighted by Crippen LogP contribution is -2.13. The van der Waals surface area contributed by atoms with Gasteiger partial charge in [0.2, 0.25) is 0 Å². The zero-order valence-corrected chi connectivity index (χ0v) is 11.0. The number of rotatable bonds is 4. The molecule has 3 nitrogen and oxygen atoms in total. The second-order valence-electron chi connectivity index (χ2n) is 3.92. The highest BCUT2D eigenvalue weighted by Gasteiger charge is 2.13. The molecule has 2 rings (SSSR count). The maximum atomic E-state index is 10.6. The molecule has 0 fully saturated rings. The van der Waals surface area contributed by atoms with Gasteiger partial charge in [0.1, 0.15) is 0 Å². The van der Waals surface area contributed by atoms with Gasteiger partial charge in [0.25, 0.3) is 0 Å². The van der Waals surface area contributed by atoms with E-state index in [1.54, 1.807) is 0 Å². The third kappa shape index (κ3) is 3.10. The van der Waals surface area contributed by atoms with Gasteiger partial charge in [-0.1, -0.05) is 23.7 Å². The van der Waals surface area contributed by atoms with Crippen molar-refractivity contribution >= 4 is 28.9 Å². The molecule has 1 heterocycles. The number of aliphatic carboxylic acids is 1. The van der Waals surface area contributed by atoms with Crippen LogP contribution in [0.15, 0.2) is 36.4 Å². The predicted octanol–water partition coefficient (Wildman–Crippen LogP) is 3.54. The molecule has 1 aromatic carbocycles. The van der Waals surface area contributed by atoms with Crippen LogP contribution in [0, 0.1) is 0 Å². The van der Waals surface area contributed by atoms with E-state index < -0.39 is 12.0 Å². The van der Waals surface area contributed by atoms with Gasteiger partial charge >= 0.3 is 5.97 Å². The van der Waals surface area contributed by atoms with Gasteiger partial charge in [-0.05, 0) is 29.8 Å². The molecular formula is C13H12ClNO2S. The Morgan fingerprint density at radius 2 is 2.17 bits per heavy atom. The van der Waals surface area contributed by atoms with Crippen LogP contribution in [-0.2, 0) is 4.79 Å². The van der Waals surface area contributed by atoms with Gasteiger partial charge in [0.15, 0.2) is 0 Å². The lowest BCUT2D eigenvalue weighted by atomic mass is 10.1. The van der Waals surface area contributed by atoms with E-state index in [4.69, 9.17) is 22.4 Å². The van der Waals surface area contributed by atoms with Gasteiger partial charge in [0.05, 0.1) is 6.42 Å². The van der Waals surface area contributed by atoms with Crippen molar-refractivity contribution in [1.29, 1.82) is 0 Å². The number of carboxylic acids is 1. The zero-order chi connectivity index (χ0) is 13.1. The second kappa shape index (κ2) is 5.52. The van der Waals surface area contributed by atoms with Crippen LogP contribution in [0.25, 0.3) is 10.4 Å². The normalized spacial score (nSPS) is 12.3. The summed E-state index contributed by atoms with van der Waals surface area (Å²) in [7, 11) is 0. The molecule has 5 heteroatoms. The van der Waals surface area contributed by atoms with Gasteiger partial charge < -0.3 is 10.8 Å². The molecule has 2 aromatic rings. The van der Waals surface area contributed by atoms with Crippen molar-refractivity contribution in [2.24, 2.45) is 5.73 Å². The van der Waals surface area contributed by atoms with E-state index in [1.807, 2.05) is 36.4 Å². The molecular weight excluding hydrogens is 270 g/mol. The molecule has 0 amide bonds. The molecule has 94 valence electrons. The molecule has 0 saturated heterocycles. The SMILES string of the molecule is NC(CC(=O)O)c1ccc(-c2cccc(Cl)c2)s1. The summed E-state index contributed by atoms with van der Waals surface area (Å²) in [5.74, 6) is -0.889. The van der Waals surface area contributed by atoms with Crippen LogP contribution in [0.4, 0.5) is 0 Å². The minimum atomic E-state index is -0.889. The minimum absolute atomic E-state index is 0.0600. The van der Waals surface area contributed by atoms with E-state index in [0.29, 0.717) is 5.02 Å². The van der Waals surface area contributed by atoms with Gasteiger partial charge in [-0.15, -0.1) is 11.3 Å². The quantitative estimate of drug-likeness (QED) is 0.901. The number of halogens is 1. The summed E-state index contributed by atoms with van der Waals surface area (Å²) < 4.78 is 0. The molecule has 0 aliphatic carbocycles. The number of hydrogen-bond donors (Lipinski definition) is 2. The van der Waals surface area contributed by atoms with Crippen molar-refractivity contribution in [3.8, 4) is 10.4 Å². The van der Waals surface area contributed by atoms with E-state index in [2.05, 4.69) is 0 Å². The molecule has 0 aliphatic rings. The minimum Gasteiger partial charge on any atom is -0.481 e. The molecule has 0 saturated carbocycles. The highest BCUT2D eigenvalue weighted by molar-refractivity contribution is 7.15. The Morgan fingerprint density at radius 3 is 2.83 bits per heavy atom. The van der Waals surface area contributed by atoms with Crippen molar-refractivity contribution in [1.82, 2.24) is 0 Å². The van der Waals surface area contributed by atoms with E-state index in [1.165, 1.54) is 11.3 Å². The molecule has 18 heavy (non-hydrogen) atoms. The van der Waals surface area contributed by atoms with Crippen molar-refractivity contribution in [3.63, 3.8) is 0 Å². The van der Waals surface area contributed by atoms with Crippen LogP contribution in [0.1, 0.15) is 17.3 Å². The molecule has 1 unspecified atom stereocenters. The fraction of sp³-hybridized carbons (Fsp3) is 0.154. The van der Waals surface area contributed by atoms with Gasteiger partial charge in [-0.2, -0.15) is 0 Å². The molecule has 0 bridgehead atoms. The van der Waals surface area contributed by atoms with Gasteiger partial charge in [-0.25, -0.2) is 0 Å². The van der Waals surface area contributed by atoms with Crippen LogP contribution in [0.5, 0.6) is 0 Å². The van der Waals surface area contributed by atoms with Crippen molar-refractivity contribution in [3.05, 3.63) is 46.3 Å². The van der Waals surface area contributed by atoms with Crippen molar-refractivity contribution in [2.75, 3.05) is 0 Å². The molecule has 0 aliphatic heterocycles. The number of nitrogens with two attached hydrogens (primary N) is 1. The first kappa shape index (κ1) is 13.1. The van der Waals surface area contributed by atoms with Crippen LogP contribution in [0.3, 0.4) is 0 Å². The molecule has 1 aromatic heterocycles. The first-order chi connectivity index (χ1) is 8.56. The first-order valence-electron chi connectivity index (χ1n) is 5.39. The second-order valence-corrected chi connectivity index (χ2v) is 5.47. The first-order valence-corrected chi connectivity index (χ1v) is 6.59. The lowest BCUT2D eigenvalue weighted by Gasteiger charge is -2.05. The van der Waals surface area contributed by atoms with Crippen molar-refractivity contribution in [2.45, 2.75) is 12.5 Å². The maximum absolute atomic E-state index is 10.6. The lowest BCUT2D eigenvalue weighted by molar-refractivity contribution is -0.137. The monoisotopic (exact) mass is 281 g/mol. The van der Waals surface area contributed by atoms with Gasteiger partial charge in [-0.3, -0.25) is 4.79 Å². The maximum Gasteiger partial charge on any atom is 0.305 e. The number of carboxylic acid groups (broad SMARTS) is 1. The summed E-state index contributed by atoms with van der Waals surface area (Å²) >= 11 is 7.43. The summed E-state index contributed by atoms with van der Waals surface area (Å²) in [6, 6.07) is 10.9. The topological polar surface area (TPSA) is 63.3 Å². The zero-order valence-electron chi connectivity index (χ0n) is 9.47. The molecule has 1 atom stereocenters. The molecule has 3 N–H and O–H groups in total. The average Bonchev–Trinajstić information content (AvgIpc) is 2.77. The van der Waals surface area contributed by atoms with Crippen LogP contribution in [-0.4, -0.2) is 11.1 Å². The Balaban J connectivity index is 2.22.